The quantitative estimate of drug-likeness (QED) is 0.231. The molecule has 0 fully saturated rings. The number of thiazole rings is 1. The van der Waals surface area contributed by atoms with Crippen molar-refractivity contribution in [1.29, 1.82) is 0 Å². The van der Waals surface area contributed by atoms with Gasteiger partial charge in [0.25, 0.3) is 17.2 Å². The van der Waals surface area contributed by atoms with Gasteiger partial charge in [-0.15, -0.1) is 0 Å². The number of aliphatic carboxylic acids is 1. The summed E-state index contributed by atoms with van der Waals surface area (Å²) in [6.45, 7) is -0.157. The Bertz CT molecular complexity index is 1630. The third kappa shape index (κ3) is 5.58. The molecular weight excluding hydrogens is 583 g/mol. The fourth-order valence-corrected chi connectivity index (χ4v) is 6.73. The Morgan fingerprint density at radius 1 is 1.30 bits per heavy atom. The molecule has 0 aliphatic carbocycles. The fourth-order valence-electron chi connectivity index (χ4n) is 3.76. The molecule has 3 aromatic rings. The summed E-state index contributed by atoms with van der Waals surface area (Å²) >= 11 is 14.7. The van der Waals surface area contributed by atoms with Gasteiger partial charge in [0, 0.05) is 16.7 Å². The van der Waals surface area contributed by atoms with Crippen molar-refractivity contribution in [1.82, 2.24) is 9.97 Å². The van der Waals surface area contributed by atoms with E-state index in [1.165, 1.54) is 29.4 Å². The van der Waals surface area contributed by atoms with Crippen LogP contribution in [-0.2, 0) is 26.2 Å². The summed E-state index contributed by atoms with van der Waals surface area (Å²) in [5, 5.41) is 10.8. The molecule has 0 radical (unpaired) electrons. The minimum atomic E-state index is -4.41. The molecule has 2 aliphatic heterocycles. The third-order valence-corrected chi connectivity index (χ3v) is 8.83. The summed E-state index contributed by atoms with van der Waals surface area (Å²) in [5.74, 6) is -0.981. The summed E-state index contributed by atoms with van der Waals surface area (Å²) in [7, 11) is -4.41. The van der Waals surface area contributed by atoms with Gasteiger partial charge in [-0.3, -0.25) is 4.79 Å². The second-order valence-corrected chi connectivity index (χ2v) is 12.1. The number of anilines is 1. The highest BCUT2D eigenvalue weighted by atomic mass is 35.5. The first-order valence-corrected chi connectivity index (χ1v) is 14.5. The average molecular weight is 598 g/mol. The van der Waals surface area contributed by atoms with E-state index in [1.54, 1.807) is 21.6 Å². The number of nitrogens with zero attached hydrogens (tertiary/aromatic N) is 4. The monoisotopic (exact) mass is 597 g/mol. The van der Waals surface area contributed by atoms with Gasteiger partial charge < -0.3 is 19.3 Å². The highest BCUT2D eigenvalue weighted by Gasteiger charge is 2.31. The first-order valence-electron chi connectivity index (χ1n) is 10.6. The minimum absolute atomic E-state index is 0.0155. The maximum absolute atomic E-state index is 11.8. The second-order valence-electron chi connectivity index (χ2n) is 7.80. The predicted octanol–water partition coefficient (Wildman–Crippen LogP) is 3.90. The van der Waals surface area contributed by atoms with E-state index in [2.05, 4.69) is 16.0 Å². The fraction of sp³-hybridized carbons (Fsp3) is 0.182. The molecule has 0 spiro atoms. The van der Waals surface area contributed by atoms with Crippen LogP contribution < -0.4 is 9.47 Å². The van der Waals surface area contributed by atoms with Crippen LogP contribution in [0.3, 0.4) is 0 Å². The molecule has 1 aromatic carbocycles. The lowest BCUT2D eigenvalue weighted by molar-refractivity contribution is -0.670. The van der Waals surface area contributed by atoms with Crippen LogP contribution in [0.1, 0.15) is 17.0 Å². The highest BCUT2D eigenvalue weighted by molar-refractivity contribution is 8.03. The molecule has 15 heteroatoms. The molecule has 0 amide bonds. The van der Waals surface area contributed by atoms with Crippen LogP contribution in [0.15, 0.2) is 40.5 Å². The van der Waals surface area contributed by atoms with Gasteiger partial charge in [-0.2, -0.15) is 0 Å². The van der Waals surface area contributed by atoms with E-state index in [1.807, 2.05) is 18.2 Å². The number of hydrogen-bond acceptors (Lipinski definition) is 10. The van der Waals surface area contributed by atoms with Crippen LogP contribution in [0.2, 0.25) is 10.3 Å². The molecule has 2 aliphatic rings. The Hall–Kier alpha value is -2.77. The minimum Gasteiger partial charge on any atom is -0.748 e. The van der Waals surface area contributed by atoms with Crippen LogP contribution in [0.25, 0.3) is 22.3 Å². The molecule has 5 rings (SSSR count). The molecule has 0 unspecified atom stereocenters. The standard InChI is InChI=1S/C22H14Cl2N4O6S3/c23-19-20(24)26-22-21(25-19)27(6-2-8-37(31,32)33)16(36-22)10-17-28(11-18(29)30)13-9-12(4-5-15(13)35-17)14-3-1-7-34-14/h3-5,7,9-10H,2,6,8,11H2/p+1. The SMILES string of the molecule is O=C(O)CN1C(=Cc2sc3nc(Cl)c(Cl)nc3[n+]2CCCS(=O)(=O)[O-])Sc2ccc(C3=C[C+]=CO3)cc21. The Balaban J connectivity index is 1.57. The van der Waals surface area contributed by atoms with Crippen molar-refractivity contribution >= 4 is 90.4 Å². The Morgan fingerprint density at radius 3 is 2.78 bits per heavy atom. The van der Waals surface area contributed by atoms with E-state index in [9.17, 15) is 22.9 Å². The van der Waals surface area contributed by atoms with Gasteiger partial charge in [0.05, 0.1) is 27.4 Å². The summed E-state index contributed by atoms with van der Waals surface area (Å²) in [5.41, 5.74) is 1.84. The lowest BCUT2D eigenvalue weighted by Gasteiger charge is -2.18. The van der Waals surface area contributed by atoms with Crippen molar-refractivity contribution in [3.05, 3.63) is 62.5 Å². The zero-order chi connectivity index (χ0) is 26.3. The maximum atomic E-state index is 11.8. The molecule has 4 heterocycles. The molecule has 10 nitrogen and oxygen atoms in total. The number of halogens is 2. The third-order valence-electron chi connectivity index (χ3n) is 5.29. The summed E-state index contributed by atoms with van der Waals surface area (Å²) in [6.07, 6.45) is 7.80. The van der Waals surface area contributed by atoms with Gasteiger partial charge in [-0.25, -0.2) is 18.0 Å². The van der Waals surface area contributed by atoms with Gasteiger partial charge in [-0.1, -0.05) is 34.7 Å². The van der Waals surface area contributed by atoms with Gasteiger partial charge in [-0.05, 0) is 41.2 Å². The smallest absolute Gasteiger partial charge is 0.362 e. The number of fused-ring (bicyclic) bond motifs is 2. The van der Waals surface area contributed by atoms with Crippen molar-refractivity contribution in [3.63, 3.8) is 0 Å². The van der Waals surface area contributed by atoms with Crippen molar-refractivity contribution in [2.75, 3.05) is 17.2 Å². The average Bonchev–Trinajstić information content (AvgIpc) is 3.53. The summed E-state index contributed by atoms with van der Waals surface area (Å²) in [4.78, 5) is 23.3. The number of aromatic nitrogens is 3. The molecule has 0 saturated carbocycles. The van der Waals surface area contributed by atoms with Crippen LogP contribution in [0.5, 0.6) is 0 Å². The van der Waals surface area contributed by atoms with Gasteiger partial charge in [0.1, 0.15) is 18.2 Å². The zero-order valence-corrected chi connectivity index (χ0v) is 22.5. The van der Waals surface area contributed by atoms with E-state index in [-0.39, 0.29) is 29.8 Å². The van der Waals surface area contributed by atoms with Gasteiger partial charge >= 0.3 is 11.6 Å². The largest absolute Gasteiger partial charge is 0.748 e. The van der Waals surface area contributed by atoms with Crippen molar-refractivity contribution in [2.45, 2.75) is 17.9 Å². The van der Waals surface area contributed by atoms with Crippen LogP contribution >= 0.6 is 46.3 Å². The van der Waals surface area contributed by atoms with Crippen LogP contribution in [-0.4, -0.2) is 46.3 Å². The van der Waals surface area contributed by atoms with Crippen LogP contribution in [0.4, 0.5) is 5.69 Å². The first kappa shape index (κ1) is 25.9. The molecule has 0 atom stereocenters. The van der Waals surface area contributed by atoms with E-state index in [0.29, 0.717) is 32.0 Å². The predicted molar refractivity (Wildman–Crippen MR) is 139 cm³/mol. The number of benzene rings is 1. The molecule has 2 aromatic heterocycles. The molecule has 37 heavy (non-hydrogen) atoms. The number of rotatable bonds is 8. The number of carboxylic acids is 1. The van der Waals surface area contributed by atoms with Crippen molar-refractivity contribution in [3.8, 4) is 0 Å². The van der Waals surface area contributed by atoms with Gasteiger partial charge in [0.15, 0.2) is 10.2 Å². The molecule has 0 saturated heterocycles. The molecule has 1 N–H and O–H groups in total. The Labute approximate surface area is 229 Å². The number of carboxylic acid groups (broad SMARTS) is 1. The van der Waals surface area contributed by atoms with E-state index in [4.69, 9.17) is 27.9 Å². The Kier molecular flexibility index (Phi) is 7.12. The summed E-state index contributed by atoms with van der Waals surface area (Å²) < 4.78 is 40.6. The number of carbonyl (C=O) groups is 1. The highest BCUT2D eigenvalue weighted by Crippen LogP contribution is 2.48. The molecule has 190 valence electrons. The van der Waals surface area contributed by atoms with E-state index >= 15 is 0 Å². The Morgan fingerprint density at radius 2 is 2.08 bits per heavy atom. The number of allylic oxidation sites excluding steroid dienone is 2. The summed E-state index contributed by atoms with van der Waals surface area (Å²) in [6, 6.07) is 5.61. The molecule has 0 bridgehead atoms. The van der Waals surface area contributed by atoms with Gasteiger partial charge in [0.2, 0.25) is 10.9 Å². The normalized spacial score (nSPS) is 15.7. The van der Waals surface area contributed by atoms with Crippen LogP contribution in [0, 0.1) is 6.08 Å². The van der Waals surface area contributed by atoms with E-state index < -0.39 is 21.8 Å². The van der Waals surface area contributed by atoms with E-state index in [0.717, 1.165) is 10.5 Å². The topological polar surface area (TPSA) is 137 Å². The first-order chi connectivity index (χ1) is 17.6. The number of aryl methyl sites for hydroxylation is 1. The van der Waals surface area contributed by atoms with Crippen molar-refractivity contribution < 1.29 is 32.2 Å². The second kappa shape index (κ2) is 10.2. The lowest BCUT2D eigenvalue weighted by Crippen LogP contribution is -2.37. The number of ether oxygens (including phenoxy) is 1. The zero-order valence-electron chi connectivity index (χ0n) is 18.6. The lowest BCUT2D eigenvalue weighted by atomic mass is 10.1. The number of hydrogen-bond donors (Lipinski definition) is 1. The van der Waals surface area contributed by atoms with Crippen molar-refractivity contribution in [2.24, 2.45) is 0 Å². The number of thioether (sulfide) groups is 1. The maximum Gasteiger partial charge on any atom is 0.362 e. The molecular formula is C22H15Cl2N4O6S3+.